The van der Waals surface area contributed by atoms with Crippen LogP contribution in [0.2, 0.25) is 0 Å². The Balaban J connectivity index is 3.41. The molecule has 2 unspecified atom stereocenters. The van der Waals surface area contributed by atoms with E-state index < -0.39 is 39.3 Å². The first-order valence-electron chi connectivity index (χ1n) is 3.55. The van der Waals surface area contributed by atoms with E-state index in [4.69, 9.17) is 0 Å². The fourth-order valence-corrected chi connectivity index (χ4v) is 1.71. The van der Waals surface area contributed by atoms with Crippen LogP contribution >= 0.6 is 0 Å². The molecular formula is C4F9NO3S. The van der Waals surface area contributed by atoms with Crippen LogP contribution in [0.3, 0.4) is 0 Å². The maximum Gasteiger partial charge on any atom is 0.440 e. The van der Waals surface area contributed by atoms with Crippen molar-refractivity contribution in [1.29, 1.82) is 0 Å². The van der Waals surface area contributed by atoms with Gasteiger partial charge in [0.05, 0.1) is 5.34 Å². The third kappa shape index (κ3) is 1.38. The lowest BCUT2D eigenvalue weighted by Crippen LogP contribution is -2.89. The number of alkyl halides is 6. The molecule has 18 heavy (non-hydrogen) atoms. The molecule has 0 amide bonds. The first-order valence-corrected chi connectivity index (χ1v) is 4.86. The maximum absolute atomic E-state index is 13.0. The highest BCUT2D eigenvalue weighted by Crippen LogP contribution is 2.70. The van der Waals surface area contributed by atoms with Gasteiger partial charge in [-0.25, -0.2) is 4.39 Å². The molecule has 1 saturated carbocycles. The minimum atomic E-state index is -6.76. The molecular weight excluding hydrogens is 313 g/mol. The van der Waals surface area contributed by atoms with Gasteiger partial charge in [0, 0.05) is 0 Å². The third-order valence-corrected chi connectivity index (χ3v) is 2.52. The van der Waals surface area contributed by atoms with Gasteiger partial charge in [0.1, 0.15) is 0 Å². The maximum atomic E-state index is 13.0. The predicted molar refractivity (Wildman–Crippen MR) is 32.7 cm³/mol. The van der Waals surface area contributed by atoms with Gasteiger partial charge in [-0.2, -0.15) is 34.6 Å². The molecule has 1 fully saturated rings. The van der Waals surface area contributed by atoms with E-state index in [0.29, 0.717) is 0 Å². The van der Waals surface area contributed by atoms with Gasteiger partial charge >= 0.3 is 34.0 Å². The molecule has 0 radical (unpaired) electrons. The van der Waals surface area contributed by atoms with Gasteiger partial charge in [0.2, 0.25) is 0 Å². The average Bonchev–Trinajstić information content (AvgIpc) is 2.11. The Morgan fingerprint density at radius 2 is 1.28 bits per heavy atom. The molecule has 0 saturated heterocycles. The fraction of sp³-hybridized carbons (Fsp3) is 1.00. The number of hydrogen-bond acceptors (Lipinski definition) is 4. The Morgan fingerprint density at radius 3 is 1.56 bits per heavy atom. The van der Waals surface area contributed by atoms with E-state index in [-0.39, 0.29) is 0 Å². The quantitative estimate of drug-likeness (QED) is 0.346. The van der Waals surface area contributed by atoms with Crippen molar-refractivity contribution in [2.24, 2.45) is 0 Å². The molecule has 0 aliphatic heterocycles. The molecule has 0 bridgehead atoms. The Morgan fingerprint density at radius 1 is 0.889 bits per heavy atom. The van der Waals surface area contributed by atoms with Crippen LogP contribution in [0.4, 0.5) is 39.2 Å². The highest BCUT2D eigenvalue weighted by Gasteiger charge is 3.04. The normalized spacial score (nSPS) is 38.6. The van der Waals surface area contributed by atoms with E-state index >= 15 is 0 Å². The Hall–Kier alpha value is -0.760. The van der Waals surface area contributed by atoms with Crippen LogP contribution in [0.15, 0.2) is 0 Å². The van der Waals surface area contributed by atoms with Crippen LogP contribution in [-0.4, -0.2) is 37.3 Å². The molecule has 0 aromatic carbocycles. The fourth-order valence-electron chi connectivity index (χ4n) is 1.22. The van der Waals surface area contributed by atoms with E-state index in [0.717, 1.165) is 0 Å². The molecule has 4 nitrogen and oxygen atoms in total. The summed E-state index contributed by atoms with van der Waals surface area (Å²) in [6, 6.07) is 0. The summed E-state index contributed by atoms with van der Waals surface area (Å²) in [6.45, 7) is 0. The standard InChI is InChI=1S/C4F9NO3S/c5-1(6)2(7,8)4(10,17-18(13,15)16)3(1,9)14(11)12. The number of halogens is 9. The monoisotopic (exact) mass is 313 g/mol. The van der Waals surface area contributed by atoms with Crippen LogP contribution < -0.4 is 0 Å². The van der Waals surface area contributed by atoms with Crippen molar-refractivity contribution in [2.75, 3.05) is 0 Å². The van der Waals surface area contributed by atoms with Crippen molar-refractivity contribution in [1.82, 2.24) is 5.34 Å². The summed E-state index contributed by atoms with van der Waals surface area (Å²) in [7, 11) is -6.76. The van der Waals surface area contributed by atoms with Crippen LogP contribution in [0.5, 0.6) is 0 Å². The number of nitrogens with zero attached hydrogens (tertiary/aromatic N) is 1. The largest absolute Gasteiger partial charge is 0.440 e. The minimum absolute atomic E-state index is 2.10. The molecule has 0 aromatic rings. The van der Waals surface area contributed by atoms with Crippen molar-refractivity contribution >= 4 is 10.5 Å². The van der Waals surface area contributed by atoms with Gasteiger partial charge in [0.25, 0.3) is 0 Å². The summed E-state index contributed by atoms with van der Waals surface area (Å²) < 4.78 is 133. The van der Waals surface area contributed by atoms with Crippen LogP contribution in [-0.2, 0) is 14.7 Å². The van der Waals surface area contributed by atoms with E-state index in [1.165, 1.54) is 0 Å². The van der Waals surface area contributed by atoms with E-state index in [9.17, 15) is 47.6 Å². The molecule has 0 spiro atoms. The van der Waals surface area contributed by atoms with Gasteiger partial charge in [-0.3, -0.25) is 0 Å². The molecule has 0 aromatic heterocycles. The van der Waals surface area contributed by atoms with E-state index in [1.54, 1.807) is 0 Å². The highest BCUT2D eigenvalue weighted by atomic mass is 32.3. The SMILES string of the molecule is O=S(=O)(F)OC1(F)C(F)(F)C(F)(F)C1(F)N(F)F. The summed E-state index contributed by atoms with van der Waals surface area (Å²) >= 11 is 0. The first-order chi connectivity index (χ1) is 7.65. The van der Waals surface area contributed by atoms with Gasteiger partial charge in [-0.05, 0) is 0 Å². The van der Waals surface area contributed by atoms with Gasteiger partial charge in [0.15, 0.2) is 0 Å². The second-order valence-corrected chi connectivity index (χ2v) is 4.03. The molecule has 1 aliphatic carbocycles. The Labute approximate surface area is 92.2 Å². The van der Waals surface area contributed by atoms with Crippen molar-refractivity contribution in [3.05, 3.63) is 0 Å². The molecule has 0 heterocycles. The molecule has 1 aliphatic rings. The summed E-state index contributed by atoms with van der Waals surface area (Å²) in [5, 5.41) is -3.37. The van der Waals surface area contributed by atoms with Gasteiger partial charge in [-0.1, -0.05) is 12.8 Å². The topological polar surface area (TPSA) is 46.6 Å². The second kappa shape index (κ2) is 3.41. The summed E-state index contributed by atoms with van der Waals surface area (Å²) in [5.41, 5.74) is 0. The van der Waals surface area contributed by atoms with Crippen molar-refractivity contribution < 1.29 is 51.8 Å². The van der Waals surface area contributed by atoms with Crippen molar-refractivity contribution in [3.63, 3.8) is 0 Å². The average molecular weight is 313 g/mol. The molecule has 0 N–H and O–H groups in total. The molecule has 14 heteroatoms. The first kappa shape index (κ1) is 15.3. The van der Waals surface area contributed by atoms with Crippen LogP contribution in [0.25, 0.3) is 0 Å². The Bertz CT molecular complexity index is 464. The smallest absolute Gasteiger partial charge is 0.207 e. The lowest BCUT2D eigenvalue weighted by Gasteiger charge is -2.54. The summed E-state index contributed by atoms with van der Waals surface area (Å²) in [4.78, 5) is 0. The number of rotatable bonds is 3. The van der Waals surface area contributed by atoms with Gasteiger partial charge < -0.3 is 0 Å². The zero-order valence-electron chi connectivity index (χ0n) is 7.48. The van der Waals surface area contributed by atoms with Gasteiger partial charge in [-0.15, -0.1) is 0 Å². The zero-order chi connectivity index (χ0) is 14.8. The minimum Gasteiger partial charge on any atom is -0.207 e. The third-order valence-electron chi connectivity index (χ3n) is 2.09. The predicted octanol–water partition coefficient (Wildman–Crippen LogP) is 1.90. The van der Waals surface area contributed by atoms with E-state index in [2.05, 4.69) is 4.18 Å². The summed E-state index contributed by atoms with van der Waals surface area (Å²) in [5.74, 6) is -25.0. The number of hydrogen-bond donors (Lipinski definition) is 0. The summed E-state index contributed by atoms with van der Waals surface area (Å²) in [6.07, 6.45) is 0. The Kier molecular flexibility index (Phi) is 2.90. The van der Waals surface area contributed by atoms with Crippen LogP contribution in [0.1, 0.15) is 0 Å². The lowest BCUT2D eigenvalue weighted by atomic mass is 9.75. The molecule has 1 rings (SSSR count). The second-order valence-electron chi connectivity index (χ2n) is 3.08. The molecule has 108 valence electrons. The van der Waals surface area contributed by atoms with Crippen LogP contribution in [0, 0.1) is 0 Å². The van der Waals surface area contributed by atoms with E-state index in [1.807, 2.05) is 0 Å². The highest BCUT2D eigenvalue weighted by molar-refractivity contribution is 7.81. The lowest BCUT2D eigenvalue weighted by molar-refractivity contribution is -0.552. The van der Waals surface area contributed by atoms with Crippen molar-refractivity contribution in [3.8, 4) is 0 Å². The zero-order valence-corrected chi connectivity index (χ0v) is 8.30. The van der Waals surface area contributed by atoms with Crippen molar-refractivity contribution in [2.45, 2.75) is 23.5 Å². The molecule has 2 atom stereocenters.